The number of carbonyl (C=O) groups is 1. The number of nitrogens with one attached hydrogen (secondary N) is 1. The van der Waals surface area contributed by atoms with E-state index in [9.17, 15) is 9.18 Å². The van der Waals surface area contributed by atoms with Crippen molar-refractivity contribution in [3.8, 4) is 11.4 Å². The van der Waals surface area contributed by atoms with E-state index in [4.69, 9.17) is 9.26 Å². The van der Waals surface area contributed by atoms with Gasteiger partial charge >= 0.3 is 6.03 Å². The SMILES string of the molecule is CNC(=O)N1CC(c2nc(-c3ccc(F)cc3)no2)C2(CCOCC2)C1. The van der Waals surface area contributed by atoms with E-state index in [-0.39, 0.29) is 23.2 Å². The molecule has 8 heteroatoms. The fourth-order valence-corrected chi connectivity index (χ4v) is 4.00. The monoisotopic (exact) mass is 360 g/mol. The van der Waals surface area contributed by atoms with Crippen LogP contribution < -0.4 is 5.32 Å². The van der Waals surface area contributed by atoms with Gasteiger partial charge in [0, 0.05) is 44.3 Å². The van der Waals surface area contributed by atoms with Gasteiger partial charge in [-0.1, -0.05) is 5.16 Å². The van der Waals surface area contributed by atoms with Crippen LogP contribution in [0.4, 0.5) is 9.18 Å². The Morgan fingerprint density at radius 2 is 2.04 bits per heavy atom. The lowest BCUT2D eigenvalue weighted by molar-refractivity contribution is 0.00945. The third-order valence-electron chi connectivity index (χ3n) is 5.48. The molecule has 1 N–H and O–H groups in total. The summed E-state index contributed by atoms with van der Waals surface area (Å²) >= 11 is 0. The van der Waals surface area contributed by atoms with Gasteiger partial charge in [-0.15, -0.1) is 0 Å². The van der Waals surface area contributed by atoms with Gasteiger partial charge in [-0.25, -0.2) is 9.18 Å². The molecule has 1 unspecified atom stereocenters. The Bertz CT molecular complexity index is 786. The molecule has 0 aliphatic carbocycles. The number of benzene rings is 1. The zero-order valence-electron chi connectivity index (χ0n) is 14.6. The molecule has 2 fully saturated rings. The van der Waals surface area contributed by atoms with Crippen LogP contribution in [-0.2, 0) is 4.74 Å². The Morgan fingerprint density at radius 3 is 2.73 bits per heavy atom. The number of hydrogen-bond donors (Lipinski definition) is 1. The molecule has 0 bridgehead atoms. The van der Waals surface area contributed by atoms with Crippen molar-refractivity contribution in [3.05, 3.63) is 36.0 Å². The smallest absolute Gasteiger partial charge is 0.317 e. The van der Waals surface area contributed by atoms with Gasteiger partial charge in [0.1, 0.15) is 5.82 Å². The molecule has 3 heterocycles. The second-order valence-electron chi connectivity index (χ2n) is 6.93. The molecule has 4 rings (SSSR count). The average Bonchev–Trinajstić information content (AvgIpc) is 3.28. The van der Waals surface area contributed by atoms with Gasteiger partial charge in [-0.05, 0) is 37.1 Å². The molecule has 1 aromatic carbocycles. The first kappa shape index (κ1) is 17.0. The highest BCUT2D eigenvalue weighted by Crippen LogP contribution is 2.49. The van der Waals surface area contributed by atoms with Crippen LogP contribution in [0.3, 0.4) is 0 Å². The van der Waals surface area contributed by atoms with Gasteiger partial charge in [0.25, 0.3) is 0 Å². The quantitative estimate of drug-likeness (QED) is 0.890. The highest BCUT2D eigenvalue weighted by atomic mass is 19.1. The van der Waals surface area contributed by atoms with E-state index in [0.29, 0.717) is 43.6 Å². The maximum absolute atomic E-state index is 13.1. The summed E-state index contributed by atoms with van der Waals surface area (Å²) in [5.74, 6) is 0.610. The summed E-state index contributed by atoms with van der Waals surface area (Å²) in [5, 5.41) is 6.76. The molecule has 0 saturated carbocycles. The van der Waals surface area contributed by atoms with E-state index < -0.39 is 0 Å². The number of rotatable bonds is 2. The highest BCUT2D eigenvalue weighted by Gasteiger charge is 2.51. The van der Waals surface area contributed by atoms with Crippen molar-refractivity contribution in [2.45, 2.75) is 18.8 Å². The van der Waals surface area contributed by atoms with Crippen LogP contribution >= 0.6 is 0 Å². The molecule has 1 aromatic heterocycles. The molecular formula is C18H21FN4O3. The van der Waals surface area contributed by atoms with Crippen molar-refractivity contribution in [2.24, 2.45) is 5.41 Å². The lowest BCUT2D eigenvalue weighted by atomic mass is 9.72. The lowest BCUT2D eigenvalue weighted by Gasteiger charge is -2.36. The Hall–Kier alpha value is -2.48. The maximum Gasteiger partial charge on any atom is 0.317 e. The second-order valence-corrected chi connectivity index (χ2v) is 6.93. The Morgan fingerprint density at radius 1 is 1.31 bits per heavy atom. The van der Waals surface area contributed by atoms with Crippen molar-refractivity contribution in [3.63, 3.8) is 0 Å². The first-order valence-electron chi connectivity index (χ1n) is 8.75. The predicted molar refractivity (Wildman–Crippen MR) is 90.9 cm³/mol. The van der Waals surface area contributed by atoms with E-state index >= 15 is 0 Å². The van der Waals surface area contributed by atoms with Crippen LogP contribution in [0.1, 0.15) is 24.7 Å². The fourth-order valence-electron chi connectivity index (χ4n) is 4.00. The minimum atomic E-state index is -0.310. The molecule has 0 radical (unpaired) electrons. The molecule has 7 nitrogen and oxygen atoms in total. The zero-order chi connectivity index (χ0) is 18.1. The standard InChI is InChI=1S/C18H21FN4O3/c1-20-17(24)23-10-14(18(11-23)6-8-25-9-7-18)16-21-15(22-26-16)12-2-4-13(19)5-3-12/h2-5,14H,6-11H2,1H3,(H,20,24). The number of nitrogens with zero attached hydrogens (tertiary/aromatic N) is 3. The van der Waals surface area contributed by atoms with Crippen molar-refractivity contribution in [1.82, 2.24) is 20.4 Å². The number of likely N-dealkylation sites (tertiary alicyclic amines) is 1. The highest BCUT2D eigenvalue weighted by molar-refractivity contribution is 5.74. The lowest BCUT2D eigenvalue weighted by Crippen LogP contribution is -2.40. The normalized spacial score (nSPS) is 21.9. The van der Waals surface area contributed by atoms with E-state index in [0.717, 1.165) is 12.8 Å². The molecule has 2 aliphatic heterocycles. The van der Waals surface area contributed by atoms with Crippen LogP contribution in [0.15, 0.2) is 28.8 Å². The maximum atomic E-state index is 13.1. The first-order valence-corrected chi connectivity index (χ1v) is 8.75. The van der Waals surface area contributed by atoms with Gasteiger partial charge in [0.15, 0.2) is 0 Å². The largest absolute Gasteiger partial charge is 0.381 e. The van der Waals surface area contributed by atoms with Crippen LogP contribution in [-0.4, -0.2) is 54.4 Å². The number of carbonyl (C=O) groups excluding carboxylic acids is 1. The molecule has 2 saturated heterocycles. The van der Waals surface area contributed by atoms with E-state index in [1.807, 2.05) is 0 Å². The first-order chi connectivity index (χ1) is 12.6. The molecule has 2 aliphatic rings. The topological polar surface area (TPSA) is 80.5 Å². The third-order valence-corrected chi connectivity index (χ3v) is 5.48. The van der Waals surface area contributed by atoms with Gasteiger partial charge in [-0.2, -0.15) is 4.98 Å². The van der Waals surface area contributed by atoms with Crippen molar-refractivity contribution < 1.29 is 18.4 Å². The molecule has 138 valence electrons. The summed E-state index contributed by atoms with van der Waals surface area (Å²) in [4.78, 5) is 18.5. The third kappa shape index (κ3) is 2.94. The van der Waals surface area contributed by atoms with Crippen LogP contribution in [0.25, 0.3) is 11.4 Å². The van der Waals surface area contributed by atoms with E-state index in [1.165, 1.54) is 12.1 Å². The van der Waals surface area contributed by atoms with Crippen molar-refractivity contribution in [2.75, 3.05) is 33.4 Å². The number of aromatic nitrogens is 2. The Kier molecular flexibility index (Phi) is 4.36. The van der Waals surface area contributed by atoms with Gasteiger partial charge in [0.05, 0.1) is 5.92 Å². The molecular weight excluding hydrogens is 339 g/mol. The summed E-state index contributed by atoms with van der Waals surface area (Å²) < 4.78 is 24.2. The van der Waals surface area contributed by atoms with Crippen LogP contribution in [0.5, 0.6) is 0 Å². The molecule has 2 amide bonds. The Labute approximate surface area is 150 Å². The number of urea groups is 1. The van der Waals surface area contributed by atoms with Crippen LogP contribution in [0, 0.1) is 11.2 Å². The van der Waals surface area contributed by atoms with Gasteiger partial charge < -0.3 is 19.5 Å². The summed E-state index contributed by atoms with van der Waals surface area (Å²) in [6.07, 6.45) is 1.69. The molecule has 1 spiro atoms. The molecule has 1 atom stereocenters. The van der Waals surface area contributed by atoms with Crippen LogP contribution in [0.2, 0.25) is 0 Å². The molecule has 26 heavy (non-hydrogen) atoms. The summed E-state index contributed by atoms with van der Waals surface area (Å²) in [6, 6.07) is 5.89. The average molecular weight is 360 g/mol. The number of amides is 2. The number of halogens is 1. The summed E-state index contributed by atoms with van der Waals surface area (Å²) in [6.45, 7) is 2.51. The Balaban J connectivity index is 1.64. The summed E-state index contributed by atoms with van der Waals surface area (Å²) in [7, 11) is 1.63. The summed E-state index contributed by atoms with van der Waals surface area (Å²) in [5.41, 5.74) is 0.584. The van der Waals surface area contributed by atoms with E-state index in [1.54, 1.807) is 24.1 Å². The van der Waals surface area contributed by atoms with E-state index in [2.05, 4.69) is 15.5 Å². The zero-order valence-corrected chi connectivity index (χ0v) is 14.6. The van der Waals surface area contributed by atoms with Gasteiger partial charge in [-0.3, -0.25) is 0 Å². The number of ether oxygens (including phenoxy) is 1. The van der Waals surface area contributed by atoms with Crippen molar-refractivity contribution >= 4 is 6.03 Å². The van der Waals surface area contributed by atoms with Crippen molar-refractivity contribution in [1.29, 1.82) is 0 Å². The minimum absolute atomic E-state index is 0.0367. The van der Waals surface area contributed by atoms with Gasteiger partial charge in [0.2, 0.25) is 11.7 Å². The minimum Gasteiger partial charge on any atom is -0.381 e. The number of hydrogen-bond acceptors (Lipinski definition) is 5. The predicted octanol–water partition coefficient (Wildman–Crippen LogP) is 2.41. The fraction of sp³-hybridized carbons (Fsp3) is 0.500. The second kappa shape index (κ2) is 6.68. The molecule has 2 aromatic rings.